The fraction of sp³-hybridized carbons (Fsp3) is 1.00. The Balaban J connectivity index is 4.00. The van der Waals surface area contributed by atoms with E-state index in [0.29, 0.717) is 11.8 Å². The summed E-state index contributed by atoms with van der Waals surface area (Å²) in [6.45, 7) is 16.6. The van der Waals surface area contributed by atoms with Crippen LogP contribution in [0.15, 0.2) is 0 Å². The monoisotopic (exact) mass is 246 g/mol. The van der Waals surface area contributed by atoms with Gasteiger partial charge in [-0.25, -0.2) is 0 Å². The molecule has 0 fully saturated rings. The Morgan fingerprint density at radius 2 is 1.62 bits per heavy atom. The largest absolute Gasteiger partial charge is 0.432 e. The first-order valence-corrected chi connectivity index (χ1v) is 9.31. The van der Waals surface area contributed by atoms with Crippen LogP contribution in [-0.4, -0.2) is 26.3 Å². The maximum absolute atomic E-state index is 10.2. The molecule has 1 atom stereocenters. The highest BCUT2D eigenvalue weighted by Gasteiger charge is 2.38. The zero-order valence-electron chi connectivity index (χ0n) is 12.1. The molecule has 3 heteroatoms. The van der Waals surface area contributed by atoms with Crippen molar-refractivity contribution >= 4 is 8.32 Å². The molecule has 0 rings (SSSR count). The summed E-state index contributed by atoms with van der Waals surface area (Å²) in [5, 5.41) is 0.0631. The van der Waals surface area contributed by atoms with Crippen LogP contribution in [0, 0.1) is 11.8 Å². The van der Waals surface area contributed by atoms with Gasteiger partial charge in [-0.05, 0) is 36.4 Å². The van der Waals surface area contributed by atoms with E-state index in [-0.39, 0.29) is 5.04 Å². The van der Waals surface area contributed by atoms with Gasteiger partial charge in [-0.1, -0.05) is 34.6 Å². The standard InChI is InChI=1S/C13H30O2Si/c1-11(2)9-15-10-12(3)8-13(4,5)16(6,7)14/h11-12,14H,8-10H2,1-7H3/t12-/m1/s1. The smallest absolute Gasteiger partial charge is 0.188 e. The van der Waals surface area contributed by atoms with Crippen LogP contribution in [0.4, 0.5) is 0 Å². The molecule has 0 aliphatic heterocycles. The van der Waals surface area contributed by atoms with Crippen molar-refractivity contribution in [1.29, 1.82) is 0 Å². The SMILES string of the molecule is CC(C)COC[C@H](C)CC(C)(C)[Si](C)(C)O. The summed E-state index contributed by atoms with van der Waals surface area (Å²) in [5.74, 6) is 1.12. The van der Waals surface area contributed by atoms with Crippen molar-refractivity contribution in [2.24, 2.45) is 11.8 Å². The fourth-order valence-corrected chi connectivity index (χ4v) is 2.53. The van der Waals surface area contributed by atoms with E-state index in [1.54, 1.807) is 0 Å². The molecule has 0 spiro atoms. The van der Waals surface area contributed by atoms with Crippen LogP contribution in [0.25, 0.3) is 0 Å². The van der Waals surface area contributed by atoms with Crippen molar-refractivity contribution in [2.75, 3.05) is 13.2 Å². The second kappa shape index (κ2) is 6.17. The van der Waals surface area contributed by atoms with Gasteiger partial charge in [-0.15, -0.1) is 0 Å². The summed E-state index contributed by atoms with van der Waals surface area (Å²) < 4.78 is 5.65. The molecule has 0 bridgehead atoms. The zero-order chi connectivity index (χ0) is 13.0. The lowest BCUT2D eigenvalue weighted by molar-refractivity contribution is 0.0782. The minimum atomic E-state index is -2.06. The van der Waals surface area contributed by atoms with Gasteiger partial charge in [-0.3, -0.25) is 0 Å². The third kappa shape index (κ3) is 6.02. The van der Waals surface area contributed by atoms with Gasteiger partial charge in [0.15, 0.2) is 8.32 Å². The van der Waals surface area contributed by atoms with Crippen LogP contribution in [0.1, 0.15) is 41.0 Å². The van der Waals surface area contributed by atoms with Crippen LogP contribution in [0.3, 0.4) is 0 Å². The molecule has 98 valence electrons. The van der Waals surface area contributed by atoms with Crippen LogP contribution < -0.4 is 0 Å². The molecule has 0 aromatic carbocycles. The number of ether oxygens (including phenoxy) is 1. The van der Waals surface area contributed by atoms with Crippen LogP contribution in [0.2, 0.25) is 18.1 Å². The van der Waals surface area contributed by atoms with E-state index in [1.807, 2.05) is 13.1 Å². The Morgan fingerprint density at radius 1 is 1.12 bits per heavy atom. The van der Waals surface area contributed by atoms with E-state index < -0.39 is 8.32 Å². The first kappa shape index (κ1) is 16.1. The third-order valence-corrected chi connectivity index (χ3v) is 6.89. The van der Waals surface area contributed by atoms with Crippen molar-refractivity contribution in [3.05, 3.63) is 0 Å². The molecular weight excluding hydrogens is 216 g/mol. The van der Waals surface area contributed by atoms with Crippen molar-refractivity contribution in [3.8, 4) is 0 Å². The molecule has 0 saturated carbocycles. The van der Waals surface area contributed by atoms with Crippen molar-refractivity contribution in [3.63, 3.8) is 0 Å². The molecule has 0 radical (unpaired) electrons. The normalized spacial score (nSPS) is 15.6. The average Bonchev–Trinajstić information content (AvgIpc) is 1.99. The lowest BCUT2D eigenvalue weighted by Gasteiger charge is -2.37. The van der Waals surface area contributed by atoms with E-state index in [1.165, 1.54) is 0 Å². The summed E-state index contributed by atoms with van der Waals surface area (Å²) in [7, 11) is -2.06. The molecule has 0 heterocycles. The maximum atomic E-state index is 10.2. The number of hydrogen-bond donors (Lipinski definition) is 1. The van der Waals surface area contributed by atoms with Gasteiger partial charge < -0.3 is 9.53 Å². The van der Waals surface area contributed by atoms with Gasteiger partial charge in [0.1, 0.15) is 0 Å². The predicted molar refractivity (Wildman–Crippen MR) is 73.2 cm³/mol. The maximum Gasteiger partial charge on any atom is 0.188 e. The Kier molecular flexibility index (Phi) is 6.23. The van der Waals surface area contributed by atoms with Crippen LogP contribution >= 0.6 is 0 Å². The molecule has 0 saturated heterocycles. The molecule has 0 amide bonds. The molecule has 2 nitrogen and oxygen atoms in total. The van der Waals surface area contributed by atoms with Crippen LogP contribution in [0.5, 0.6) is 0 Å². The molecule has 0 aliphatic rings. The van der Waals surface area contributed by atoms with E-state index in [4.69, 9.17) is 4.74 Å². The summed E-state index contributed by atoms with van der Waals surface area (Å²) in [5.41, 5.74) is 0. The quantitative estimate of drug-likeness (QED) is 0.695. The Labute approximate surface area is 103 Å². The zero-order valence-corrected chi connectivity index (χ0v) is 13.1. The van der Waals surface area contributed by atoms with Crippen molar-refractivity contribution < 1.29 is 9.53 Å². The lowest BCUT2D eigenvalue weighted by Crippen LogP contribution is -2.40. The Hall–Kier alpha value is 0.137. The molecule has 16 heavy (non-hydrogen) atoms. The number of hydrogen-bond acceptors (Lipinski definition) is 2. The summed E-state index contributed by atoms with van der Waals surface area (Å²) in [6.07, 6.45) is 1.04. The van der Waals surface area contributed by atoms with E-state index in [2.05, 4.69) is 34.6 Å². The topological polar surface area (TPSA) is 29.5 Å². The van der Waals surface area contributed by atoms with Gasteiger partial charge in [0.05, 0.1) is 0 Å². The van der Waals surface area contributed by atoms with Gasteiger partial charge >= 0.3 is 0 Å². The first-order chi connectivity index (χ1) is 7.06. The first-order valence-electron chi connectivity index (χ1n) is 6.36. The van der Waals surface area contributed by atoms with E-state index in [9.17, 15) is 4.80 Å². The Bertz CT molecular complexity index is 195. The van der Waals surface area contributed by atoms with E-state index in [0.717, 1.165) is 19.6 Å². The van der Waals surface area contributed by atoms with Crippen LogP contribution in [-0.2, 0) is 4.74 Å². The molecule has 0 aromatic rings. The van der Waals surface area contributed by atoms with Crippen molar-refractivity contribution in [1.82, 2.24) is 0 Å². The third-order valence-electron chi connectivity index (χ3n) is 3.37. The Morgan fingerprint density at radius 3 is 2.00 bits per heavy atom. The van der Waals surface area contributed by atoms with Crippen molar-refractivity contribution in [2.45, 2.75) is 59.2 Å². The highest BCUT2D eigenvalue weighted by molar-refractivity contribution is 6.72. The predicted octanol–water partition coefficient (Wildman–Crippen LogP) is 3.66. The molecule has 0 aliphatic carbocycles. The average molecular weight is 246 g/mol. The highest BCUT2D eigenvalue weighted by atomic mass is 28.4. The van der Waals surface area contributed by atoms with Gasteiger partial charge in [-0.2, -0.15) is 0 Å². The van der Waals surface area contributed by atoms with E-state index >= 15 is 0 Å². The lowest BCUT2D eigenvalue weighted by atomic mass is 9.98. The molecule has 1 N–H and O–H groups in total. The summed E-state index contributed by atoms with van der Waals surface area (Å²) in [4.78, 5) is 10.2. The van der Waals surface area contributed by atoms with Gasteiger partial charge in [0.2, 0.25) is 0 Å². The summed E-state index contributed by atoms with van der Waals surface area (Å²) >= 11 is 0. The molecule has 0 aromatic heterocycles. The fourth-order valence-electron chi connectivity index (χ4n) is 1.68. The minimum absolute atomic E-state index is 0.0631. The highest BCUT2D eigenvalue weighted by Crippen LogP contribution is 2.41. The van der Waals surface area contributed by atoms with Gasteiger partial charge in [0.25, 0.3) is 0 Å². The molecular formula is C13H30O2Si. The summed E-state index contributed by atoms with van der Waals surface area (Å²) in [6, 6.07) is 0. The molecule has 0 unspecified atom stereocenters. The van der Waals surface area contributed by atoms with Gasteiger partial charge in [0, 0.05) is 13.2 Å². The number of rotatable bonds is 7. The second-order valence-corrected chi connectivity index (χ2v) is 11.2. The second-order valence-electron chi connectivity index (χ2n) is 6.68. The minimum Gasteiger partial charge on any atom is -0.432 e.